The molecule has 0 aliphatic rings. The summed E-state index contributed by atoms with van der Waals surface area (Å²) in [5.74, 6) is 2.50. The highest BCUT2D eigenvalue weighted by atomic mass is 19.1. The molecule has 0 spiro atoms. The topological polar surface area (TPSA) is 97.9 Å². The normalized spacial score (nSPS) is 10.3. The van der Waals surface area contributed by atoms with Crippen LogP contribution < -0.4 is 16.6 Å². The van der Waals surface area contributed by atoms with Gasteiger partial charge < -0.3 is 10.7 Å². The van der Waals surface area contributed by atoms with Crippen LogP contribution in [0.5, 0.6) is 0 Å². The Bertz CT molecular complexity index is 578. The van der Waals surface area contributed by atoms with E-state index in [2.05, 4.69) is 15.6 Å². The molecular formula is C11H12F2N6O. The van der Waals surface area contributed by atoms with Crippen LogP contribution in [0.1, 0.15) is 10.4 Å². The molecule has 0 saturated carbocycles. The Hall–Kier alpha value is -2.55. The van der Waals surface area contributed by atoms with Gasteiger partial charge in [-0.25, -0.2) is 8.78 Å². The molecule has 1 amide bonds. The zero-order valence-corrected chi connectivity index (χ0v) is 10.3. The molecule has 1 aromatic heterocycles. The molecule has 0 aliphatic heterocycles. The first-order valence-electron chi connectivity index (χ1n) is 5.69. The molecule has 7 nitrogen and oxygen atoms in total. The van der Waals surface area contributed by atoms with Gasteiger partial charge in [0.25, 0.3) is 5.91 Å². The summed E-state index contributed by atoms with van der Waals surface area (Å²) < 4.78 is 28.4. The second-order valence-electron chi connectivity index (χ2n) is 3.88. The Labute approximate surface area is 112 Å². The molecule has 20 heavy (non-hydrogen) atoms. The van der Waals surface area contributed by atoms with Crippen LogP contribution in [-0.2, 0) is 6.54 Å². The highest BCUT2D eigenvalue weighted by molar-refractivity contribution is 5.94. The van der Waals surface area contributed by atoms with E-state index in [-0.39, 0.29) is 12.1 Å². The van der Waals surface area contributed by atoms with Crippen molar-refractivity contribution >= 4 is 11.6 Å². The second kappa shape index (κ2) is 6.06. The first-order valence-corrected chi connectivity index (χ1v) is 5.69. The molecule has 0 atom stereocenters. The molecular weight excluding hydrogens is 270 g/mol. The number of hydrogen-bond acceptors (Lipinski definition) is 5. The minimum Gasteiger partial charge on any atom is -0.350 e. The lowest BCUT2D eigenvalue weighted by molar-refractivity contribution is 0.0951. The Morgan fingerprint density at radius 3 is 2.60 bits per heavy atom. The fourth-order valence-electron chi connectivity index (χ4n) is 1.58. The van der Waals surface area contributed by atoms with Crippen molar-refractivity contribution in [2.45, 2.75) is 6.54 Å². The van der Waals surface area contributed by atoms with Crippen molar-refractivity contribution in [3.8, 4) is 0 Å². The summed E-state index contributed by atoms with van der Waals surface area (Å²) in [5.41, 5.74) is 1.28. The molecule has 106 valence electrons. The molecule has 0 fully saturated rings. The summed E-state index contributed by atoms with van der Waals surface area (Å²) in [6, 6.07) is 1.81. The number of nitrogens with two attached hydrogens (primary N) is 1. The number of rotatable bonds is 5. The number of amides is 1. The summed E-state index contributed by atoms with van der Waals surface area (Å²) in [5, 5.41) is 9.83. The van der Waals surface area contributed by atoms with E-state index in [1.54, 1.807) is 6.20 Å². The van der Waals surface area contributed by atoms with E-state index in [4.69, 9.17) is 5.84 Å². The summed E-state index contributed by atoms with van der Waals surface area (Å²) in [7, 11) is 0. The van der Waals surface area contributed by atoms with Gasteiger partial charge >= 0.3 is 0 Å². The lowest BCUT2D eigenvalue weighted by Gasteiger charge is -2.08. The molecule has 0 radical (unpaired) electrons. The van der Waals surface area contributed by atoms with E-state index in [0.29, 0.717) is 6.54 Å². The van der Waals surface area contributed by atoms with Crippen LogP contribution in [0.2, 0.25) is 0 Å². The largest absolute Gasteiger partial charge is 0.350 e. The van der Waals surface area contributed by atoms with E-state index in [0.717, 1.165) is 12.1 Å². The van der Waals surface area contributed by atoms with Crippen molar-refractivity contribution in [3.05, 3.63) is 41.7 Å². The molecule has 1 aromatic carbocycles. The van der Waals surface area contributed by atoms with Crippen molar-refractivity contribution in [1.29, 1.82) is 0 Å². The number of hydrazine groups is 1. The molecule has 0 aliphatic carbocycles. The predicted octanol–water partition coefficient (Wildman–Crippen LogP) is 0.272. The number of benzene rings is 1. The second-order valence-corrected chi connectivity index (χ2v) is 3.88. The molecule has 4 N–H and O–H groups in total. The van der Waals surface area contributed by atoms with Gasteiger partial charge in [-0.1, -0.05) is 5.21 Å². The SMILES string of the molecule is NNc1c(F)cc(C(=O)NCCn2ccnn2)cc1F. The van der Waals surface area contributed by atoms with E-state index in [1.165, 1.54) is 10.9 Å². The Kier molecular flexibility index (Phi) is 4.20. The molecule has 2 aromatic rings. The molecule has 9 heteroatoms. The zero-order valence-electron chi connectivity index (χ0n) is 10.3. The molecule has 2 rings (SSSR count). The van der Waals surface area contributed by atoms with Crippen LogP contribution in [0, 0.1) is 11.6 Å². The van der Waals surface area contributed by atoms with Gasteiger partial charge in [-0.05, 0) is 12.1 Å². The first kappa shape index (κ1) is 13.9. The zero-order chi connectivity index (χ0) is 14.5. The number of nitrogens with zero attached hydrogens (tertiary/aromatic N) is 3. The predicted molar refractivity (Wildman–Crippen MR) is 66.5 cm³/mol. The summed E-state index contributed by atoms with van der Waals surface area (Å²) in [6.07, 6.45) is 3.14. The van der Waals surface area contributed by atoms with Crippen molar-refractivity contribution in [2.75, 3.05) is 12.0 Å². The maximum atomic E-state index is 13.4. The number of carbonyl (C=O) groups excluding carboxylic acids is 1. The highest BCUT2D eigenvalue weighted by Crippen LogP contribution is 2.19. The van der Waals surface area contributed by atoms with E-state index < -0.39 is 23.2 Å². The Balaban J connectivity index is 1.99. The average Bonchev–Trinajstić information content (AvgIpc) is 2.91. The van der Waals surface area contributed by atoms with Gasteiger partial charge in [-0.3, -0.25) is 15.3 Å². The average molecular weight is 282 g/mol. The maximum absolute atomic E-state index is 13.4. The number of hydrogen-bond donors (Lipinski definition) is 3. The lowest BCUT2D eigenvalue weighted by Crippen LogP contribution is -2.27. The highest BCUT2D eigenvalue weighted by Gasteiger charge is 2.14. The van der Waals surface area contributed by atoms with Crippen LogP contribution >= 0.6 is 0 Å². The summed E-state index contributed by atoms with van der Waals surface area (Å²) >= 11 is 0. The molecule has 1 heterocycles. The van der Waals surface area contributed by atoms with E-state index in [1.807, 2.05) is 5.43 Å². The molecule has 0 saturated heterocycles. The number of nitrogen functional groups attached to an aromatic ring is 1. The van der Waals surface area contributed by atoms with Crippen molar-refractivity contribution in [2.24, 2.45) is 5.84 Å². The summed E-state index contributed by atoms with van der Waals surface area (Å²) in [4.78, 5) is 11.7. The minimum atomic E-state index is -0.936. The van der Waals surface area contributed by atoms with Crippen molar-refractivity contribution < 1.29 is 13.6 Å². The van der Waals surface area contributed by atoms with E-state index >= 15 is 0 Å². The maximum Gasteiger partial charge on any atom is 0.251 e. The number of nitrogens with one attached hydrogen (secondary N) is 2. The van der Waals surface area contributed by atoms with Crippen LogP contribution in [0.15, 0.2) is 24.5 Å². The number of anilines is 1. The number of aromatic nitrogens is 3. The fraction of sp³-hybridized carbons (Fsp3) is 0.182. The monoisotopic (exact) mass is 282 g/mol. The summed E-state index contributed by atoms with van der Waals surface area (Å²) in [6.45, 7) is 0.654. The Morgan fingerprint density at radius 1 is 1.35 bits per heavy atom. The quantitative estimate of drug-likeness (QED) is 0.540. The van der Waals surface area contributed by atoms with Crippen LogP contribution in [0.25, 0.3) is 0 Å². The van der Waals surface area contributed by atoms with Crippen molar-refractivity contribution in [3.63, 3.8) is 0 Å². The fourth-order valence-corrected chi connectivity index (χ4v) is 1.58. The smallest absolute Gasteiger partial charge is 0.251 e. The van der Waals surface area contributed by atoms with Gasteiger partial charge in [0, 0.05) is 18.3 Å². The third-order valence-corrected chi connectivity index (χ3v) is 2.55. The van der Waals surface area contributed by atoms with Gasteiger partial charge in [0.1, 0.15) is 5.69 Å². The molecule has 0 bridgehead atoms. The third-order valence-electron chi connectivity index (χ3n) is 2.55. The van der Waals surface area contributed by atoms with Crippen molar-refractivity contribution in [1.82, 2.24) is 20.3 Å². The van der Waals surface area contributed by atoms with Crippen LogP contribution in [0.4, 0.5) is 14.5 Å². The Morgan fingerprint density at radius 2 is 2.05 bits per heavy atom. The minimum absolute atomic E-state index is 0.127. The van der Waals surface area contributed by atoms with Gasteiger partial charge in [-0.2, -0.15) is 0 Å². The number of carbonyl (C=O) groups is 1. The third kappa shape index (κ3) is 3.06. The number of halogens is 2. The van der Waals surface area contributed by atoms with Crippen LogP contribution in [-0.4, -0.2) is 27.4 Å². The van der Waals surface area contributed by atoms with Gasteiger partial charge in [0.15, 0.2) is 11.6 Å². The standard InChI is InChI=1S/C11H12F2N6O/c12-8-5-7(6-9(13)10(8)17-14)11(20)15-1-3-19-4-2-16-18-19/h2,4-6,17H,1,3,14H2,(H,15,20). The molecule has 0 unspecified atom stereocenters. The van der Waals surface area contributed by atoms with Crippen LogP contribution in [0.3, 0.4) is 0 Å². The van der Waals surface area contributed by atoms with Gasteiger partial charge in [0.2, 0.25) is 0 Å². The van der Waals surface area contributed by atoms with Gasteiger partial charge in [0.05, 0.1) is 12.7 Å². The van der Waals surface area contributed by atoms with Gasteiger partial charge in [-0.15, -0.1) is 5.10 Å². The lowest BCUT2D eigenvalue weighted by atomic mass is 10.1. The van der Waals surface area contributed by atoms with E-state index in [9.17, 15) is 13.6 Å². The first-order chi connectivity index (χ1) is 9.61.